The number of benzene rings is 2. The number of carbonyl (C=O) groups is 1. The van der Waals surface area contributed by atoms with Gasteiger partial charge in [0.25, 0.3) is 0 Å². The maximum absolute atomic E-state index is 12.2. The topological polar surface area (TPSA) is 55.1 Å². The van der Waals surface area contributed by atoms with E-state index in [9.17, 15) is 4.79 Å². The zero-order chi connectivity index (χ0) is 16.9. The first-order valence-electron chi connectivity index (χ1n) is 7.61. The lowest BCUT2D eigenvalue weighted by Gasteiger charge is -2.08. The Balaban J connectivity index is 1.68. The highest BCUT2D eigenvalue weighted by Gasteiger charge is 2.12. The Labute approximate surface area is 145 Å². The van der Waals surface area contributed by atoms with Crippen LogP contribution >= 0.6 is 11.8 Å². The van der Waals surface area contributed by atoms with E-state index < -0.39 is 0 Å². The number of rotatable bonds is 5. The number of hydrogen-bond donors (Lipinski definition) is 1. The molecule has 1 aromatic heterocycles. The van der Waals surface area contributed by atoms with Crippen LogP contribution in [-0.4, -0.2) is 17.3 Å². The van der Waals surface area contributed by atoms with Crippen LogP contribution in [0.5, 0.6) is 0 Å². The molecule has 0 aliphatic rings. The second-order valence-electron chi connectivity index (χ2n) is 5.47. The SMILES string of the molecule is CSc1ccccc1NC(=O)Cc1cc(-c2ccc(C)cc2)on1. The van der Waals surface area contributed by atoms with Gasteiger partial charge in [-0.1, -0.05) is 47.1 Å². The van der Waals surface area contributed by atoms with Crippen molar-refractivity contribution in [1.82, 2.24) is 5.16 Å². The summed E-state index contributed by atoms with van der Waals surface area (Å²) in [6, 6.07) is 17.5. The molecule has 122 valence electrons. The van der Waals surface area contributed by atoms with E-state index >= 15 is 0 Å². The second kappa shape index (κ2) is 7.36. The molecule has 2 aromatic carbocycles. The third-order valence-corrected chi connectivity index (χ3v) is 4.41. The first kappa shape index (κ1) is 16.3. The van der Waals surface area contributed by atoms with E-state index in [4.69, 9.17) is 4.52 Å². The van der Waals surface area contributed by atoms with Crippen LogP contribution in [0, 0.1) is 6.92 Å². The van der Waals surface area contributed by atoms with Gasteiger partial charge in [-0.15, -0.1) is 11.8 Å². The summed E-state index contributed by atoms with van der Waals surface area (Å²) in [5.74, 6) is 0.558. The Bertz CT molecular complexity index is 841. The first-order chi connectivity index (χ1) is 11.7. The van der Waals surface area contributed by atoms with Crippen LogP contribution in [0.1, 0.15) is 11.3 Å². The van der Waals surface area contributed by atoms with Crippen molar-refractivity contribution in [3.63, 3.8) is 0 Å². The highest BCUT2D eigenvalue weighted by molar-refractivity contribution is 7.98. The van der Waals surface area contributed by atoms with Gasteiger partial charge in [0.1, 0.15) is 0 Å². The molecule has 1 amide bonds. The molecule has 0 atom stereocenters. The summed E-state index contributed by atoms with van der Waals surface area (Å²) in [6.45, 7) is 2.03. The van der Waals surface area contributed by atoms with Crippen LogP contribution in [0.3, 0.4) is 0 Å². The molecule has 3 aromatic rings. The lowest BCUT2D eigenvalue weighted by atomic mass is 10.1. The highest BCUT2D eigenvalue weighted by Crippen LogP contribution is 2.25. The fraction of sp³-hybridized carbons (Fsp3) is 0.158. The van der Waals surface area contributed by atoms with E-state index in [0.29, 0.717) is 11.5 Å². The molecule has 0 radical (unpaired) electrons. The molecule has 0 saturated carbocycles. The van der Waals surface area contributed by atoms with Crippen LogP contribution in [0.2, 0.25) is 0 Å². The van der Waals surface area contributed by atoms with Crippen molar-refractivity contribution < 1.29 is 9.32 Å². The van der Waals surface area contributed by atoms with Gasteiger partial charge in [-0.3, -0.25) is 4.79 Å². The van der Waals surface area contributed by atoms with E-state index in [2.05, 4.69) is 10.5 Å². The fourth-order valence-electron chi connectivity index (χ4n) is 2.36. The minimum Gasteiger partial charge on any atom is -0.356 e. The van der Waals surface area contributed by atoms with Gasteiger partial charge < -0.3 is 9.84 Å². The average molecular weight is 338 g/mol. The Morgan fingerprint density at radius 1 is 1.17 bits per heavy atom. The summed E-state index contributed by atoms with van der Waals surface area (Å²) in [4.78, 5) is 13.3. The van der Waals surface area contributed by atoms with Crippen molar-refractivity contribution in [3.8, 4) is 11.3 Å². The maximum atomic E-state index is 12.2. The lowest BCUT2D eigenvalue weighted by Crippen LogP contribution is -2.15. The minimum atomic E-state index is -0.111. The summed E-state index contributed by atoms with van der Waals surface area (Å²) in [7, 11) is 0. The largest absolute Gasteiger partial charge is 0.356 e. The van der Waals surface area contributed by atoms with Crippen molar-refractivity contribution in [2.45, 2.75) is 18.2 Å². The van der Waals surface area contributed by atoms with Crippen LogP contribution < -0.4 is 5.32 Å². The van der Waals surface area contributed by atoms with Gasteiger partial charge >= 0.3 is 0 Å². The lowest BCUT2D eigenvalue weighted by molar-refractivity contribution is -0.115. The Kier molecular flexibility index (Phi) is 5.01. The average Bonchev–Trinajstić information content (AvgIpc) is 3.04. The van der Waals surface area contributed by atoms with Crippen molar-refractivity contribution >= 4 is 23.4 Å². The summed E-state index contributed by atoms with van der Waals surface area (Å²) in [6.07, 6.45) is 2.16. The number of nitrogens with zero attached hydrogens (tertiary/aromatic N) is 1. The number of para-hydroxylation sites is 1. The van der Waals surface area contributed by atoms with Crippen LogP contribution in [0.25, 0.3) is 11.3 Å². The molecule has 0 saturated heterocycles. The zero-order valence-corrected chi connectivity index (χ0v) is 14.4. The molecule has 24 heavy (non-hydrogen) atoms. The predicted octanol–water partition coefficient (Wildman–Crippen LogP) is 4.55. The quantitative estimate of drug-likeness (QED) is 0.693. The number of thioether (sulfide) groups is 1. The van der Waals surface area contributed by atoms with Crippen molar-refractivity contribution in [3.05, 3.63) is 65.9 Å². The van der Waals surface area contributed by atoms with Crippen LogP contribution in [-0.2, 0) is 11.2 Å². The number of aryl methyl sites for hydroxylation is 1. The van der Waals surface area contributed by atoms with Crippen molar-refractivity contribution in [2.24, 2.45) is 0 Å². The van der Waals surface area contributed by atoms with E-state index in [-0.39, 0.29) is 12.3 Å². The molecule has 0 fully saturated rings. The molecule has 0 aliphatic heterocycles. The summed E-state index contributed by atoms with van der Waals surface area (Å²) >= 11 is 1.60. The van der Waals surface area contributed by atoms with Crippen molar-refractivity contribution in [2.75, 3.05) is 11.6 Å². The maximum Gasteiger partial charge on any atom is 0.230 e. The van der Waals surface area contributed by atoms with E-state index in [1.54, 1.807) is 11.8 Å². The number of carbonyl (C=O) groups excluding carboxylic acids is 1. The predicted molar refractivity (Wildman–Crippen MR) is 97.2 cm³/mol. The molecular weight excluding hydrogens is 320 g/mol. The Morgan fingerprint density at radius 2 is 1.92 bits per heavy atom. The van der Waals surface area contributed by atoms with E-state index in [0.717, 1.165) is 16.1 Å². The van der Waals surface area contributed by atoms with E-state index in [1.165, 1.54) is 5.56 Å². The van der Waals surface area contributed by atoms with E-state index in [1.807, 2.05) is 67.8 Å². The normalized spacial score (nSPS) is 10.6. The van der Waals surface area contributed by atoms with Gasteiger partial charge in [0.05, 0.1) is 17.8 Å². The molecule has 0 aliphatic carbocycles. The zero-order valence-electron chi connectivity index (χ0n) is 13.6. The molecule has 1 N–H and O–H groups in total. The van der Waals surface area contributed by atoms with Gasteiger partial charge in [0.2, 0.25) is 5.91 Å². The molecule has 3 rings (SSSR count). The molecule has 4 nitrogen and oxygen atoms in total. The molecule has 1 heterocycles. The van der Waals surface area contributed by atoms with Crippen LogP contribution in [0.4, 0.5) is 5.69 Å². The fourth-order valence-corrected chi connectivity index (χ4v) is 2.91. The van der Waals surface area contributed by atoms with Gasteiger partial charge in [-0.05, 0) is 25.3 Å². The highest BCUT2D eigenvalue weighted by atomic mass is 32.2. The monoisotopic (exact) mass is 338 g/mol. The summed E-state index contributed by atoms with van der Waals surface area (Å²) < 4.78 is 5.35. The molecule has 0 bridgehead atoms. The molecule has 5 heteroatoms. The number of aromatic nitrogens is 1. The standard InChI is InChI=1S/C19H18N2O2S/c1-13-7-9-14(10-8-13)17-11-15(21-23-17)12-19(22)20-16-5-3-4-6-18(16)24-2/h3-11H,12H2,1-2H3,(H,20,22). The number of nitrogens with one attached hydrogen (secondary N) is 1. The van der Waals surface area contributed by atoms with Gasteiger partial charge in [0.15, 0.2) is 5.76 Å². The van der Waals surface area contributed by atoms with Gasteiger partial charge in [0, 0.05) is 16.5 Å². The van der Waals surface area contributed by atoms with Gasteiger partial charge in [-0.25, -0.2) is 0 Å². The van der Waals surface area contributed by atoms with Gasteiger partial charge in [-0.2, -0.15) is 0 Å². The first-order valence-corrected chi connectivity index (χ1v) is 8.83. The third-order valence-electron chi connectivity index (χ3n) is 3.62. The molecule has 0 unspecified atom stereocenters. The summed E-state index contributed by atoms with van der Waals surface area (Å²) in [5.41, 5.74) is 3.57. The smallest absolute Gasteiger partial charge is 0.230 e. The second-order valence-corrected chi connectivity index (χ2v) is 6.32. The Morgan fingerprint density at radius 3 is 2.67 bits per heavy atom. The number of hydrogen-bond acceptors (Lipinski definition) is 4. The van der Waals surface area contributed by atoms with Crippen LogP contribution in [0.15, 0.2) is 64.0 Å². The van der Waals surface area contributed by atoms with Crippen molar-refractivity contribution in [1.29, 1.82) is 0 Å². The third kappa shape index (κ3) is 3.86. The molecular formula is C19H18N2O2S. The minimum absolute atomic E-state index is 0.111. The molecule has 0 spiro atoms. The summed E-state index contributed by atoms with van der Waals surface area (Å²) in [5, 5.41) is 6.92. The number of anilines is 1. The Hall–Kier alpha value is -2.53. The number of amides is 1.